The van der Waals surface area contributed by atoms with E-state index in [1.807, 2.05) is 6.92 Å². The van der Waals surface area contributed by atoms with Crippen LogP contribution in [0.1, 0.15) is 33.6 Å². The Balaban J connectivity index is 3.32. The van der Waals surface area contributed by atoms with Gasteiger partial charge in [-0.1, -0.05) is 20.8 Å². The lowest BCUT2D eigenvalue weighted by molar-refractivity contribution is -0.125. The molecule has 0 rings (SSSR count). The van der Waals surface area contributed by atoms with Crippen LogP contribution in [0.4, 0.5) is 13.2 Å². The minimum absolute atomic E-state index is 0.205. The Kier molecular flexibility index (Phi) is 8.60. The quantitative estimate of drug-likeness (QED) is 0.639. The smallest absolute Gasteiger partial charge is 0.381 e. The Morgan fingerprint density at radius 2 is 1.65 bits per heavy atom. The summed E-state index contributed by atoms with van der Waals surface area (Å²) in [6, 6.07) is 0. The van der Waals surface area contributed by atoms with E-state index >= 15 is 0 Å². The minimum atomic E-state index is -4.12. The fraction of sp³-hybridized carbons (Fsp3) is 1.00. The van der Waals surface area contributed by atoms with E-state index in [1.165, 1.54) is 0 Å². The van der Waals surface area contributed by atoms with Gasteiger partial charge in [0, 0.05) is 13.2 Å². The van der Waals surface area contributed by atoms with E-state index in [1.54, 1.807) is 0 Å². The highest BCUT2D eigenvalue weighted by Gasteiger charge is 2.26. The topological polar surface area (TPSA) is 21.3 Å². The van der Waals surface area contributed by atoms with Crippen LogP contribution < -0.4 is 5.32 Å². The van der Waals surface area contributed by atoms with Gasteiger partial charge in [-0.2, -0.15) is 13.2 Å². The number of hydrogen-bond acceptors (Lipinski definition) is 2. The lowest BCUT2D eigenvalue weighted by atomic mass is 10.1. The van der Waals surface area contributed by atoms with E-state index in [0.717, 1.165) is 19.4 Å². The predicted molar refractivity (Wildman–Crippen MR) is 63.0 cm³/mol. The minimum Gasteiger partial charge on any atom is -0.381 e. The maximum absolute atomic E-state index is 11.8. The molecule has 0 aromatic carbocycles. The van der Waals surface area contributed by atoms with E-state index < -0.39 is 12.7 Å². The second-order valence-electron chi connectivity index (χ2n) is 4.93. The van der Waals surface area contributed by atoms with Crippen LogP contribution in [0.2, 0.25) is 0 Å². The zero-order valence-corrected chi connectivity index (χ0v) is 10.9. The van der Waals surface area contributed by atoms with Crippen LogP contribution in [0.15, 0.2) is 0 Å². The zero-order chi connectivity index (χ0) is 13.3. The number of rotatable bonds is 9. The highest BCUT2D eigenvalue weighted by Crippen LogP contribution is 2.12. The number of nitrogens with one attached hydrogen (secondary N) is 1. The summed E-state index contributed by atoms with van der Waals surface area (Å²) in [7, 11) is 0. The molecule has 0 saturated heterocycles. The molecule has 0 fully saturated rings. The molecule has 0 bridgehead atoms. The van der Waals surface area contributed by atoms with Gasteiger partial charge in [0.05, 0.1) is 6.54 Å². The second kappa shape index (κ2) is 8.75. The van der Waals surface area contributed by atoms with E-state index in [2.05, 4.69) is 19.2 Å². The van der Waals surface area contributed by atoms with Gasteiger partial charge in [-0.15, -0.1) is 0 Å². The molecule has 1 N–H and O–H groups in total. The summed E-state index contributed by atoms with van der Waals surface area (Å²) < 4.78 is 41.0. The number of hydrogen-bond donors (Lipinski definition) is 1. The molecule has 1 unspecified atom stereocenters. The standard InChI is InChI=1S/C12H24F3NO/c1-10(2)4-6-17-7-5-11(3)8-16-9-12(13,14)15/h10-11,16H,4-9H2,1-3H3. The van der Waals surface area contributed by atoms with E-state index in [-0.39, 0.29) is 5.92 Å². The zero-order valence-electron chi connectivity index (χ0n) is 10.9. The fourth-order valence-corrected chi connectivity index (χ4v) is 1.27. The van der Waals surface area contributed by atoms with Crippen molar-refractivity contribution in [2.75, 3.05) is 26.3 Å². The SMILES string of the molecule is CC(C)CCOCCC(C)CNCC(F)(F)F. The van der Waals surface area contributed by atoms with Gasteiger partial charge in [0.2, 0.25) is 0 Å². The van der Waals surface area contributed by atoms with Crippen molar-refractivity contribution in [3.63, 3.8) is 0 Å². The highest BCUT2D eigenvalue weighted by atomic mass is 19.4. The van der Waals surface area contributed by atoms with Gasteiger partial charge in [0.25, 0.3) is 0 Å². The molecular weight excluding hydrogens is 231 g/mol. The molecule has 0 aliphatic rings. The first-order valence-electron chi connectivity index (χ1n) is 6.16. The molecule has 0 aliphatic carbocycles. The molecule has 0 spiro atoms. The molecule has 17 heavy (non-hydrogen) atoms. The van der Waals surface area contributed by atoms with E-state index in [9.17, 15) is 13.2 Å². The third-order valence-electron chi connectivity index (χ3n) is 2.41. The Morgan fingerprint density at radius 1 is 1.06 bits per heavy atom. The van der Waals surface area contributed by atoms with E-state index in [4.69, 9.17) is 4.74 Å². The van der Waals surface area contributed by atoms with Crippen molar-refractivity contribution < 1.29 is 17.9 Å². The molecule has 5 heteroatoms. The molecule has 0 amide bonds. The van der Waals surface area contributed by atoms with Gasteiger partial charge in [-0.05, 0) is 31.2 Å². The third kappa shape index (κ3) is 13.6. The maximum Gasteiger partial charge on any atom is 0.401 e. The van der Waals surface area contributed by atoms with Gasteiger partial charge in [0.15, 0.2) is 0 Å². The summed E-state index contributed by atoms with van der Waals surface area (Å²) in [5.41, 5.74) is 0. The summed E-state index contributed by atoms with van der Waals surface area (Å²) >= 11 is 0. The Hall–Kier alpha value is -0.290. The lowest BCUT2D eigenvalue weighted by Gasteiger charge is -2.14. The molecule has 0 aromatic heterocycles. The van der Waals surface area contributed by atoms with Gasteiger partial charge in [-0.25, -0.2) is 0 Å². The lowest BCUT2D eigenvalue weighted by Crippen LogP contribution is -2.32. The number of halogens is 3. The molecule has 1 atom stereocenters. The second-order valence-corrected chi connectivity index (χ2v) is 4.93. The van der Waals surface area contributed by atoms with Gasteiger partial charge < -0.3 is 10.1 Å². The summed E-state index contributed by atoms with van der Waals surface area (Å²) in [6.45, 7) is 7.02. The molecule has 2 nitrogen and oxygen atoms in total. The van der Waals surface area contributed by atoms with Crippen LogP contribution in [-0.2, 0) is 4.74 Å². The first-order chi connectivity index (χ1) is 7.81. The summed E-state index contributed by atoms with van der Waals surface area (Å²) in [4.78, 5) is 0. The van der Waals surface area contributed by atoms with Crippen molar-refractivity contribution in [3.05, 3.63) is 0 Å². The first-order valence-corrected chi connectivity index (χ1v) is 6.16. The van der Waals surface area contributed by atoms with Gasteiger partial charge in [0.1, 0.15) is 0 Å². The third-order valence-corrected chi connectivity index (χ3v) is 2.41. The predicted octanol–water partition coefficient (Wildman–Crippen LogP) is 3.23. The van der Waals surface area contributed by atoms with Crippen molar-refractivity contribution in [2.24, 2.45) is 11.8 Å². The summed E-state index contributed by atoms with van der Waals surface area (Å²) in [5, 5.41) is 2.40. The average Bonchev–Trinajstić information content (AvgIpc) is 2.14. The van der Waals surface area contributed by atoms with Crippen molar-refractivity contribution in [3.8, 4) is 0 Å². The van der Waals surface area contributed by atoms with Crippen LogP contribution >= 0.6 is 0 Å². The highest BCUT2D eigenvalue weighted by molar-refractivity contribution is 4.60. The molecule has 0 radical (unpaired) electrons. The van der Waals surface area contributed by atoms with Crippen LogP contribution in [0.25, 0.3) is 0 Å². The summed E-state index contributed by atoms with van der Waals surface area (Å²) in [5.74, 6) is 0.831. The summed E-state index contributed by atoms with van der Waals surface area (Å²) in [6.07, 6.45) is -2.29. The molecule has 0 aromatic rings. The number of alkyl halides is 3. The van der Waals surface area contributed by atoms with Crippen LogP contribution in [0, 0.1) is 11.8 Å². The first kappa shape index (κ1) is 16.7. The molecule has 0 aliphatic heterocycles. The average molecular weight is 255 g/mol. The Morgan fingerprint density at radius 3 is 2.18 bits per heavy atom. The fourth-order valence-electron chi connectivity index (χ4n) is 1.27. The van der Waals surface area contributed by atoms with E-state index in [0.29, 0.717) is 19.1 Å². The molecule has 0 heterocycles. The van der Waals surface area contributed by atoms with Crippen LogP contribution in [-0.4, -0.2) is 32.5 Å². The van der Waals surface area contributed by atoms with Crippen LogP contribution in [0.3, 0.4) is 0 Å². The normalized spacial score (nSPS) is 14.3. The number of ether oxygens (including phenoxy) is 1. The molecule has 0 saturated carbocycles. The van der Waals surface area contributed by atoms with Crippen molar-refractivity contribution >= 4 is 0 Å². The molecule has 104 valence electrons. The largest absolute Gasteiger partial charge is 0.401 e. The van der Waals surface area contributed by atoms with Gasteiger partial charge in [-0.3, -0.25) is 0 Å². The van der Waals surface area contributed by atoms with Gasteiger partial charge >= 0.3 is 6.18 Å². The molecular formula is C12H24F3NO. The van der Waals surface area contributed by atoms with Crippen LogP contribution in [0.5, 0.6) is 0 Å². The Labute approximate surface area is 102 Å². The monoisotopic (exact) mass is 255 g/mol. The van der Waals surface area contributed by atoms with Crippen molar-refractivity contribution in [1.29, 1.82) is 0 Å². The van der Waals surface area contributed by atoms with Crippen molar-refractivity contribution in [1.82, 2.24) is 5.32 Å². The van der Waals surface area contributed by atoms with Crippen molar-refractivity contribution in [2.45, 2.75) is 39.8 Å². The Bertz CT molecular complexity index is 183. The maximum atomic E-state index is 11.8.